The van der Waals surface area contributed by atoms with Gasteiger partial charge in [0.05, 0.1) is 12.5 Å². The number of carbonyl (C=O) groups excluding carboxylic acids is 1. The normalized spacial score (nSPS) is 17.4. The molecule has 0 radical (unpaired) electrons. The second-order valence-electron chi connectivity index (χ2n) is 7.79. The van der Waals surface area contributed by atoms with Crippen LogP contribution in [0, 0.1) is 20.8 Å². The Bertz CT molecular complexity index is 974. The maximum absolute atomic E-state index is 13.3. The van der Waals surface area contributed by atoms with Crippen molar-refractivity contribution in [3.05, 3.63) is 64.6 Å². The largest absolute Gasteiger partial charge is 0.358 e. The number of nitrogens with one attached hydrogen (secondary N) is 1. The van der Waals surface area contributed by atoms with E-state index < -0.39 is 0 Å². The van der Waals surface area contributed by atoms with Crippen LogP contribution < -0.4 is 0 Å². The molecule has 4 rings (SSSR count). The Balaban J connectivity index is 1.65. The highest BCUT2D eigenvalue weighted by atomic mass is 16.2. The van der Waals surface area contributed by atoms with Gasteiger partial charge in [0.2, 0.25) is 5.91 Å². The van der Waals surface area contributed by atoms with Crippen LogP contribution in [0.1, 0.15) is 53.3 Å². The lowest BCUT2D eigenvalue weighted by molar-refractivity contribution is -0.134. The Morgan fingerprint density at radius 1 is 1.26 bits per heavy atom. The summed E-state index contributed by atoms with van der Waals surface area (Å²) in [6.07, 6.45) is 7.40. The second kappa shape index (κ2) is 7.18. The average molecular weight is 361 g/mol. The molecule has 0 saturated carbocycles. The van der Waals surface area contributed by atoms with Crippen LogP contribution in [-0.4, -0.2) is 27.3 Å². The van der Waals surface area contributed by atoms with Crippen molar-refractivity contribution in [3.8, 4) is 0 Å². The molecule has 1 aromatic carbocycles. The van der Waals surface area contributed by atoms with Gasteiger partial charge in [0.25, 0.3) is 0 Å². The number of aromatic amines is 1. The maximum Gasteiger partial charge on any atom is 0.227 e. The number of aryl methyl sites for hydroxylation is 3. The van der Waals surface area contributed by atoms with E-state index >= 15 is 0 Å². The van der Waals surface area contributed by atoms with Gasteiger partial charge in [-0.1, -0.05) is 17.7 Å². The molecule has 0 bridgehead atoms. The summed E-state index contributed by atoms with van der Waals surface area (Å²) in [5.74, 6) is 0.215. The minimum Gasteiger partial charge on any atom is -0.358 e. The number of nitrogens with zero attached hydrogens (tertiary/aromatic N) is 2. The number of likely N-dealkylation sites (tertiary alicyclic amines) is 1. The summed E-state index contributed by atoms with van der Waals surface area (Å²) in [5, 5.41) is 1.19. The van der Waals surface area contributed by atoms with Crippen molar-refractivity contribution in [1.29, 1.82) is 0 Å². The number of fused-ring (bicyclic) bond motifs is 1. The van der Waals surface area contributed by atoms with E-state index in [0.29, 0.717) is 6.42 Å². The fourth-order valence-electron chi connectivity index (χ4n) is 4.47. The Morgan fingerprint density at radius 2 is 2.11 bits per heavy atom. The van der Waals surface area contributed by atoms with Crippen molar-refractivity contribution < 1.29 is 4.79 Å². The molecule has 1 aliphatic rings. The number of hydrogen-bond donors (Lipinski definition) is 1. The van der Waals surface area contributed by atoms with Crippen LogP contribution >= 0.6 is 0 Å². The Kier molecular flexibility index (Phi) is 4.73. The first-order valence-electron chi connectivity index (χ1n) is 9.82. The predicted molar refractivity (Wildman–Crippen MR) is 109 cm³/mol. The van der Waals surface area contributed by atoms with E-state index in [9.17, 15) is 4.79 Å². The van der Waals surface area contributed by atoms with E-state index in [1.54, 1.807) is 6.20 Å². The average Bonchev–Trinajstić information content (AvgIpc) is 2.98. The maximum atomic E-state index is 13.3. The first kappa shape index (κ1) is 17.8. The lowest BCUT2D eigenvalue weighted by atomic mass is 9.95. The lowest BCUT2D eigenvalue weighted by Gasteiger charge is -2.36. The molecule has 1 unspecified atom stereocenters. The van der Waals surface area contributed by atoms with Crippen LogP contribution in [-0.2, 0) is 11.2 Å². The number of carbonyl (C=O) groups is 1. The van der Waals surface area contributed by atoms with Gasteiger partial charge in [-0.3, -0.25) is 9.78 Å². The highest BCUT2D eigenvalue weighted by molar-refractivity contribution is 5.92. The summed E-state index contributed by atoms with van der Waals surface area (Å²) >= 11 is 0. The highest BCUT2D eigenvalue weighted by Crippen LogP contribution is 2.32. The molecule has 140 valence electrons. The molecule has 0 spiro atoms. The molecule has 1 amide bonds. The monoisotopic (exact) mass is 361 g/mol. The summed E-state index contributed by atoms with van der Waals surface area (Å²) in [7, 11) is 0. The van der Waals surface area contributed by atoms with E-state index in [2.05, 4.69) is 53.8 Å². The molecule has 4 heteroatoms. The molecule has 1 N–H and O–H groups in total. The van der Waals surface area contributed by atoms with Crippen molar-refractivity contribution in [2.75, 3.05) is 6.54 Å². The van der Waals surface area contributed by atoms with Crippen molar-refractivity contribution in [3.63, 3.8) is 0 Å². The molecule has 27 heavy (non-hydrogen) atoms. The molecule has 1 aliphatic heterocycles. The minimum atomic E-state index is 0.147. The molecule has 3 heterocycles. The van der Waals surface area contributed by atoms with Gasteiger partial charge in [-0.05, 0) is 68.9 Å². The molecule has 3 aromatic rings. The van der Waals surface area contributed by atoms with Gasteiger partial charge in [0.1, 0.15) is 0 Å². The molecule has 1 fully saturated rings. The molecule has 0 aliphatic carbocycles. The SMILES string of the molecule is Cc1cc(C)c2[nH]c(C)c(CC(=O)N3CCCCC3c3cccnc3)c2c1. The van der Waals surface area contributed by atoms with Crippen molar-refractivity contribution >= 4 is 16.8 Å². The lowest BCUT2D eigenvalue weighted by Crippen LogP contribution is -2.39. The van der Waals surface area contributed by atoms with Gasteiger partial charge in [0.15, 0.2) is 0 Å². The predicted octanol–water partition coefficient (Wildman–Crippen LogP) is 4.78. The topological polar surface area (TPSA) is 49.0 Å². The van der Waals surface area contributed by atoms with Crippen molar-refractivity contribution in [2.24, 2.45) is 0 Å². The van der Waals surface area contributed by atoms with Crippen molar-refractivity contribution in [1.82, 2.24) is 14.9 Å². The number of aromatic nitrogens is 2. The van der Waals surface area contributed by atoms with E-state index in [1.807, 2.05) is 12.3 Å². The quantitative estimate of drug-likeness (QED) is 0.729. The zero-order valence-corrected chi connectivity index (χ0v) is 16.4. The molecular weight excluding hydrogens is 334 g/mol. The third-order valence-electron chi connectivity index (χ3n) is 5.79. The van der Waals surface area contributed by atoms with Crippen LogP contribution in [0.5, 0.6) is 0 Å². The summed E-state index contributed by atoms with van der Waals surface area (Å²) in [4.78, 5) is 23.1. The molecular formula is C23H27N3O. The van der Waals surface area contributed by atoms with Crippen LogP contribution in [0.25, 0.3) is 10.9 Å². The smallest absolute Gasteiger partial charge is 0.227 e. The van der Waals surface area contributed by atoms with E-state index in [0.717, 1.165) is 48.1 Å². The second-order valence-corrected chi connectivity index (χ2v) is 7.79. The molecule has 2 aromatic heterocycles. The number of piperidine rings is 1. The fraction of sp³-hybridized carbons (Fsp3) is 0.391. The number of benzene rings is 1. The Labute approximate surface area is 160 Å². The van der Waals surface area contributed by atoms with E-state index in [-0.39, 0.29) is 11.9 Å². The summed E-state index contributed by atoms with van der Waals surface area (Å²) in [6, 6.07) is 8.58. The first-order valence-corrected chi connectivity index (χ1v) is 9.82. The molecule has 1 saturated heterocycles. The number of amides is 1. The van der Waals surface area contributed by atoms with Crippen molar-refractivity contribution in [2.45, 2.75) is 52.5 Å². The summed E-state index contributed by atoms with van der Waals surface area (Å²) in [6.45, 7) is 7.15. The Hall–Kier alpha value is -2.62. The van der Waals surface area contributed by atoms with Gasteiger partial charge in [-0.25, -0.2) is 0 Å². The number of H-pyrrole nitrogens is 1. The van der Waals surface area contributed by atoms with Crippen LogP contribution in [0.4, 0.5) is 0 Å². The van der Waals surface area contributed by atoms with E-state index in [1.165, 1.54) is 16.5 Å². The highest BCUT2D eigenvalue weighted by Gasteiger charge is 2.29. The number of hydrogen-bond acceptors (Lipinski definition) is 2. The van der Waals surface area contributed by atoms with Crippen LogP contribution in [0.2, 0.25) is 0 Å². The zero-order valence-electron chi connectivity index (χ0n) is 16.4. The number of rotatable bonds is 3. The van der Waals surface area contributed by atoms with Gasteiger partial charge in [-0.2, -0.15) is 0 Å². The third-order valence-corrected chi connectivity index (χ3v) is 5.79. The van der Waals surface area contributed by atoms with E-state index in [4.69, 9.17) is 0 Å². The van der Waals surface area contributed by atoms with Gasteiger partial charge in [0, 0.05) is 35.5 Å². The minimum absolute atomic E-state index is 0.147. The standard InChI is InChI=1S/C23H27N3O/c1-15-11-16(2)23-20(12-15)19(17(3)25-23)13-22(27)26-10-5-4-8-21(26)18-7-6-9-24-14-18/h6-7,9,11-12,14,21,25H,4-5,8,10,13H2,1-3H3. The first-order chi connectivity index (χ1) is 13.0. The summed E-state index contributed by atoms with van der Waals surface area (Å²) < 4.78 is 0. The molecule has 4 nitrogen and oxygen atoms in total. The molecule has 1 atom stereocenters. The van der Waals surface area contributed by atoms with Crippen LogP contribution in [0.3, 0.4) is 0 Å². The third kappa shape index (κ3) is 3.36. The Morgan fingerprint density at radius 3 is 2.89 bits per heavy atom. The van der Waals surface area contributed by atoms with Gasteiger partial charge < -0.3 is 9.88 Å². The number of pyridine rings is 1. The summed E-state index contributed by atoms with van der Waals surface area (Å²) in [5.41, 5.74) is 7.01. The zero-order chi connectivity index (χ0) is 19.0. The van der Waals surface area contributed by atoms with Gasteiger partial charge >= 0.3 is 0 Å². The fourth-order valence-corrected chi connectivity index (χ4v) is 4.47. The van der Waals surface area contributed by atoms with Crippen LogP contribution in [0.15, 0.2) is 36.7 Å². The van der Waals surface area contributed by atoms with Gasteiger partial charge in [-0.15, -0.1) is 0 Å².